The van der Waals surface area contributed by atoms with Crippen LogP contribution in [0.2, 0.25) is 0 Å². The third-order valence-corrected chi connectivity index (χ3v) is 3.64. The Balaban J connectivity index is 4.30. The molecule has 0 saturated heterocycles. The number of esters is 2. The van der Waals surface area contributed by atoms with Gasteiger partial charge in [0, 0.05) is 13.1 Å². The molecule has 0 spiro atoms. The minimum atomic E-state index is -0.220. The first kappa shape index (κ1) is 20.9. The van der Waals surface area contributed by atoms with Gasteiger partial charge in [-0.05, 0) is 6.42 Å². The molecule has 0 amide bonds. The van der Waals surface area contributed by atoms with Crippen LogP contribution in [0.25, 0.3) is 0 Å². The van der Waals surface area contributed by atoms with Gasteiger partial charge in [0.15, 0.2) is 0 Å². The van der Waals surface area contributed by atoms with Crippen molar-refractivity contribution in [1.29, 1.82) is 0 Å². The fourth-order valence-corrected chi connectivity index (χ4v) is 2.08. The Kier molecular flexibility index (Phi) is 11.8. The first-order chi connectivity index (χ1) is 10.5. The Morgan fingerprint density at radius 2 is 1.36 bits per heavy atom. The second-order valence-electron chi connectivity index (χ2n) is 5.71. The SMILES string of the molecule is CCCCCC(NCC(C)C(=O)OC)NCC(C)C(=O)OC. The van der Waals surface area contributed by atoms with Crippen molar-refractivity contribution in [3.8, 4) is 0 Å². The average Bonchev–Trinajstić information content (AvgIpc) is 2.54. The Labute approximate surface area is 134 Å². The van der Waals surface area contributed by atoms with Gasteiger partial charge in [0.1, 0.15) is 0 Å². The molecule has 0 rings (SSSR count). The third-order valence-electron chi connectivity index (χ3n) is 3.64. The minimum absolute atomic E-state index is 0.0748. The summed E-state index contributed by atoms with van der Waals surface area (Å²) in [6, 6.07) is 0. The zero-order valence-electron chi connectivity index (χ0n) is 14.6. The van der Waals surface area contributed by atoms with E-state index in [0.717, 1.165) is 19.3 Å². The summed E-state index contributed by atoms with van der Waals surface area (Å²) in [6.45, 7) is 6.92. The van der Waals surface area contributed by atoms with Crippen molar-refractivity contribution in [1.82, 2.24) is 10.6 Å². The molecule has 2 unspecified atom stereocenters. The van der Waals surface area contributed by atoms with Gasteiger partial charge in [-0.25, -0.2) is 0 Å². The first-order valence-corrected chi connectivity index (χ1v) is 8.08. The molecule has 6 nitrogen and oxygen atoms in total. The fourth-order valence-electron chi connectivity index (χ4n) is 2.08. The summed E-state index contributed by atoms with van der Waals surface area (Å²) in [6.07, 6.45) is 4.45. The number of methoxy groups -OCH3 is 2. The van der Waals surface area contributed by atoms with E-state index in [1.807, 2.05) is 13.8 Å². The van der Waals surface area contributed by atoms with Gasteiger partial charge < -0.3 is 20.1 Å². The van der Waals surface area contributed by atoms with E-state index in [-0.39, 0.29) is 29.9 Å². The predicted octanol–water partition coefficient (Wildman–Crippen LogP) is 1.69. The van der Waals surface area contributed by atoms with Crippen LogP contribution in [0.1, 0.15) is 46.5 Å². The van der Waals surface area contributed by atoms with E-state index in [4.69, 9.17) is 9.47 Å². The number of carbonyl (C=O) groups is 2. The Morgan fingerprint density at radius 1 is 0.909 bits per heavy atom. The molecule has 6 heteroatoms. The van der Waals surface area contributed by atoms with Crippen molar-refractivity contribution in [3.05, 3.63) is 0 Å². The number of rotatable bonds is 12. The smallest absolute Gasteiger partial charge is 0.309 e. The molecule has 0 saturated carbocycles. The lowest BCUT2D eigenvalue weighted by Crippen LogP contribution is -2.47. The van der Waals surface area contributed by atoms with Crippen LogP contribution >= 0.6 is 0 Å². The lowest BCUT2D eigenvalue weighted by atomic mass is 10.1. The molecule has 0 aliphatic heterocycles. The average molecular weight is 316 g/mol. The minimum Gasteiger partial charge on any atom is -0.469 e. The largest absolute Gasteiger partial charge is 0.469 e. The van der Waals surface area contributed by atoms with E-state index in [9.17, 15) is 9.59 Å². The van der Waals surface area contributed by atoms with Crippen LogP contribution in [0.3, 0.4) is 0 Å². The zero-order valence-corrected chi connectivity index (χ0v) is 14.6. The molecule has 130 valence electrons. The van der Waals surface area contributed by atoms with Crippen LogP contribution < -0.4 is 10.6 Å². The van der Waals surface area contributed by atoms with Crippen LogP contribution in [0.4, 0.5) is 0 Å². The van der Waals surface area contributed by atoms with E-state index in [1.165, 1.54) is 20.6 Å². The third kappa shape index (κ3) is 9.00. The van der Waals surface area contributed by atoms with Gasteiger partial charge in [-0.2, -0.15) is 0 Å². The van der Waals surface area contributed by atoms with Gasteiger partial charge in [-0.3, -0.25) is 9.59 Å². The highest BCUT2D eigenvalue weighted by molar-refractivity contribution is 5.72. The Hall–Kier alpha value is -1.14. The maximum absolute atomic E-state index is 11.4. The van der Waals surface area contributed by atoms with Crippen LogP contribution in [-0.4, -0.2) is 45.4 Å². The lowest BCUT2D eigenvalue weighted by molar-refractivity contribution is -0.145. The van der Waals surface area contributed by atoms with Crippen molar-refractivity contribution in [3.63, 3.8) is 0 Å². The predicted molar refractivity (Wildman–Crippen MR) is 86.3 cm³/mol. The number of hydrogen-bond donors (Lipinski definition) is 2. The standard InChI is InChI=1S/C16H32N2O4/c1-6-7-8-9-14(17-10-12(2)15(19)21-4)18-11-13(3)16(20)22-5/h12-14,17-18H,6-11H2,1-5H3. The van der Waals surface area contributed by atoms with Gasteiger partial charge in [0.2, 0.25) is 0 Å². The molecular weight excluding hydrogens is 284 g/mol. The Bertz CT molecular complexity index is 297. The van der Waals surface area contributed by atoms with E-state index < -0.39 is 0 Å². The molecule has 2 atom stereocenters. The molecule has 0 aliphatic rings. The molecule has 22 heavy (non-hydrogen) atoms. The van der Waals surface area contributed by atoms with Crippen molar-refractivity contribution in [2.75, 3.05) is 27.3 Å². The maximum Gasteiger partial charge on any atom is 0.309 e. The topological polar surface area (TPSA) is 76.7 Å². The van der Waals surface area contributed by atoms with E-state index in [2.05, 4.69) is 17.6 Å². The molecule has 0 aromatic heterocycles. The number of nitrogens with one attached hydrogen (secondary N) is 2. The summed E-state index contributed by atoms with van der Waals surface area (Å²) in [7, 11) is 2.79. The summed E-state index contributed by atoms with van der Waals surface area (Å²) in [5.41, 5.74) is 0. The molecule has 2 N–H and O–H groups in total. The second-order valence-corrected chi connectivity index (χ2v) is 5.71. The molecule has 0 radical (unpaired) electrons. The van der Waals surface area contributed by atoms with Crippen molar-refractivity contribution in [2.45, 2.75) is 52.6 Å². The molecule has 0 heterocycles. The highest BCUT2D eigenvalue weighted by Gasteiger charge is 2.18. The van der Waals surface area contributed by atoms with Gasteiger partial charge in [-0.1, -0.05) is 40.0 Å². The normalized spacial score (nSPS) is 15.0. The molecule has 0 aromatic carbocycles. The zero-order chi connectivity index (χ0) is 17.0. The van der Waals surface area contributed by atoms with E-state index in [1.54, 1.807) is 0 Å². The lowest BCUT2D eigenvalue weighted by Gasteiger charge is -2.23. The molecule has 0 bridgehead atoms. The highest BCUT2D eigenvalue weighted by atomic mass is 16.5. The summed E-state index contributed by atoms with van der Waals surface area (Å²) in [5, 5.41) is 6.68. The van der Waals surface area contributed by atoms with Crippen molar-refractivity contribution >= 4 is 11.9 Å². The molecule has 0 aliphatic carbocycles. The summed E-state index contributed by atoms with van der Waals surface area (Å²) in [5.74, 6) is -0.831. The van der Waals surface area contributed by atoms with Gasteiger partial charge in [0.25, 0.3) is 0 Å². The second kappa shape index (κ2) is 12.4. The molecule has 0 aromatic rings. The van der Waals surface area contributed by atoms with Crippen LogP contribution in [-0.2, 0) is 19.1 Å². The van der Waals surface area contributed by atoms with Crippen LogP contribution in [0.15, 0.2) is 0 Å². The molecule has 0 fully saturated rings. The first-order valence-electron chi connectivity index (χ1n) is 8.08. The van der Waals surface area contributed by atoms with Gasteiger partial charge in [-0.15, -0.1) is 0 Å². The number of ether oxygens (including phenoxy) is 2. The summed E-state index contributed by atoms with van der Waals surface area (Å²) in [4.78, 5) is 22.9. The summed E-state index contributed by atoms with van der Waals surface area (Å²) >= 11 is 0. The highest BCUT2D eigenvalue weighted by Crippen LogP contribution is 2.05. The van der Waals surface area contributed by atoms with Crippen LogP contribution in [0.5, 0.6) is 0 Å². The van der Waals surface area contributed by atoms with Crippen molar-refractivity contribution < 1.29 is 19.1 Å². The quantitative estimate of drug-likeness (QED) is 0.324. The fraction of sp³-hybridized carbons (Fsp3) is 0.875. The van der Waals surface area contributed by atoms with E-state index >= 15 is 0 Å². The number of carbonyl (C=O) groups excluding carboxylic acids is 2. The maximum atomic E-state index is 11.4. The monoisotopic (exact) mass is 316 g/mol. The van der Waals surface area contributed by atoms with Crippen LogP contribution in [0, 0.1) is 11.8 Å². The molecular formula is C16H32N2O4. The van der Waals surface area contributed by atoms with E-state index in [0.29, 0.717) is 13.1 Å². The Morgan fingerprint density at radius 3 is 1.73 bits per heavy atom. The van der Waals surface area contributed by atoms with Gasteiger partial charge in [0.05, 0.1) is 32.2 Å². The number of unbranched alkanes of at least 4 members (excludes halogenated alkanes) is 2. The summed E-state index contributed by atoms with van der Waals surface area (Å²) < 4.78 is 9.45. The number of hydrogen-bond acceptors (Lipinski definition) is 6. The van der Waals surface area contributed by atoms with Crippen molar-refractivity contribution in [2.24, 2.45) is 11.8 Å². The van der Waals surface area contributed by atoms with Gasteiger partial charge >= 0.3 is 11.9 Å².